The van der Waals surface area contributed by atoms with Gasteiger partial charge in [-0.2, -0.15) is 17.6 Å². The molecule has 0 fully saturated rings. The largest absolute Gasteiger partial charge is 0.461 e. The Kier molecular flexibility index (Phi) is 6.04. The Morgan fingerprint density at radius 1 is 1.04 bits per heavy atom. The Bertz CT molecular complexity index is 800. The number of imide groups is 1. The first-order chi connectivity index (χ1) is 12.2. The summed E-state index contributed by atoms with van der Waals surface area (Å²) in [6.45, 7) is 0. The maximum atomic E-state index is 12.8. The van der Waals surface area contributed by atoms with E-state index in [1.54, 1.807) is 12.1 Å². The lowest BCUT2D eigenvalue weighted by Gasteiger charge is -2.17. The standard InChI is InChI=1S/C16H11ClF4N2O3/c17-12-4-2-1-3-11(12)13(24)23-15(25)22-9-5-7-10(8-6-9)26-16(20,21)14(18)19/h1-8,14H,(H2,22,23,24,25). The van der Waals surface area contributed by atoms with Crippen molar-refractivity contribution in [3.05, 3.63) is 59.1 Å². The first kappa shape index (κ1) is 19.5. The van der Waals surface area contributed by atoms with E-state index in [0.717, 1.165) is 24.3 Å². The smallest absolute Gasteiger partial charge is 0.428 e. The van der Waals surface area contributed by atoms with Gasteiger partial charge in [0.15, 0.2) is 0 Å². The molecule has 0 atom stereocenters. The zero-order chi connectivity index (χ0) is 19.3. The van der Waals surface area contributed by atoms with Crippen molar-refractivity contribution in [1.29, 1.82) is 0 Å². The predicted molar refractivity (Wildman–Crippen MR) is 86.0 cm³/mol. The van der Waals surface area contributed by atoms with E-state index >= 15 is 0 Å². The number of carbonyl (C=O) groups is 2. The Hall–Kier alpha value is -2.81. The lowest BCUT2D eigenvalue weighted by Crippen LogP contribution is -2.34. The van der Waals surface area contributed by atoms with Gasteiger partial charge in [0.2, 0.25) is 0 Å². The average Bonchev–Trinajstić information content (AvgIpc) is 2.56. The third kappa shape index (κ3) is 5.09. The molecule has 138 valence electrons. The molecule has 0 bridgehead atoms. The summed E-state index contributed by atoms with van der Waals surface area (Å²) in [6.07, 6.45) is -8.62. The summed E-state index contributed by atoms with van der Waals surface area (Å²) in [5.41, 5.74) is 0.199. The van der Waals surface area contributed by atoms with Crippen LogP contribution in [0.5, 0.6) is 5.75 Å². The number of nitrogens with one attached hydrogen (secondary N) is 2. The highest BCUT2D eigenvalue weighted by Crippen LogP contribution is 2.28. The normalized spacial score (nSPS) is 11.2. The van der Waals surface area contributed by atoms with E-state index in [1.807, 2.05) is 5.32 Å². The van der Waals surface area contributed by atoms with Crippen molar-refractivity contribution in [3.63, 3.8) is 0 Å². The fourth-order valence-electron chi connectivity index (χ4n) is 1.79. The molecular weight excluding hydrogens is 380 g/mol. The van der Waals surface area contributed by atoms with Crippen LogP contribution in [0.1, 0.15) is 10.4 Å². The first-order valence-electron chi connectivity index (χ1n) is 7.01. The molecule has 0 heterocycles. The summed E-state index contributed by atoms with van der Waals surface area (Å²) in [5.74, 6) is -1.27. The van der Waals surface area contributed by atoms with Crippen molar-refractivity contribution in [2.45, 2.75) is 12.5 Å². The molecule has 0 aliphatic carbocycles. The van der Waals surface area contributed by atoms with Crippen molar-refractivity contribution in [2.75, 3.05) is 5.32 Å². The zero-order valence-electron chi connectivity index (χ0n) is 12.8. The minimum absolute atomic E-state index is 0.0855. The molecule has 0 aromatic heterocycles. The van der Waals surface area contributed by atoms with Gasteiger partial charge in [-0.25, -0.2) is 4.79 Å². The minimum atomic E-state index is -4.63. The SMILES string of the molecule is O=C(NC(=O)c1ccccc1Cl)Nc1ccc(OC(F)(F)C(F)F)cc1. The van der Waals surface area contributed by atoms with Gasteiger partial charge in [-0.15, -0.1) is 0 Å². The maximum Gasteiger partial charge on any atom is 0.461 e. The lowest BCUT2D eigenvalue weighted by atomic mass is 10.2. The molecule has 2 rings (SSSR count). The van der Waals surface area contributed by atoms with Crippen LogP contribution in [-0.4, -0.2) is 24.5 Å². The monoisotopic (exact) mass is 390 g/mol. The molecule has 0 saturated heterocycles. The Balaban J connectivity index is 1.95. The summed E-state index contributed by atoms with van der Waals surface area (Å²) in [7, 11) is 0. The number of ether oxygens (including phenoxy) is 1. The van der Waals surface area contributed by atoms with Crippen LogP contribution in [-0.2, 0) is 0 Å². The molecule has 0 radical (unpaired) electrons. The van der Waals surface area contributed by atoms with Gasteiger partial charge in [-0.05, 0) is 36.4 Å². The van der Waals surface area contributed by atoms with Crippen molar-refractivity contribution < 1.29 is 31.9 Å². The fourth-order valence-corrected chi connectivity index (χ4v) is 2.01. The number of anilines is 1. The third-order valence-corrected chi connectivity index (χ3v) is 3.30. The molecule has 0 spiro atoms. The molecular formula is C16H11ClF4N2O3. The van der Waals surface area contributed by atoms with Gasteiger partial charge in [0.1, 0.15) is 5.75 Å². The molecule has 0 saturated carbocycles. The van der Waals surface area contributed by atoms with E-state index in [2.05, 4.69) is 10.1 Å². The highest BCUT2D eigenvalue weighted by Gasteiger charge is 2.43. The van der Waals surface area contributed by atoms with Crippen molar-refractivity contribution in [3.8, 4) is 5.75 Å². The van der Waals surface area contributed by atoms with E-state index in [-0.39, 0.29) is 16.3 Å². The van der Waals surface area contributed by atoms with Gasteiger partial charge < -0.3 is 10.1 Å². The van der Waals surface area contributed by atoms with E-state index in [1.165, 1.54) is 12.1 Å². The van der Waals surface area contributed by atoms with Crippen molar-refractivity contribution >= 4 is 29.2 Å². The van der Waals surface area contributed by atoms with Crippen LogP contribution in [0.3, 0.4) is 0 Å². The van der Waals surface area contributed by atoms with Gasteiger partial charge >= 0.3 is 18.6 Å². The van der Waals surface area contributed by atoms with E-state index in [4.69, 9.17) is 11.6 Å². The zero-order valence-corrected chi connectivity index (χ0v) is 13.6. The van der Waals surface area contributed by atoms with E-state index in [0.29, 0.717) is 0 Å². The van der Waals surface area contributed by atoms with Crippen LogP contribution < -0.4 is 15.4 Å². The van der Waals surface area contributed by atoms with Gasteiger partial charge in [-0.1, -0.05) is 23.7 Å². The summed E-state index contributed by atoms with van der Waals surface area (Å²) < 4.78 is 53.6. The number of carbonyl (C=O) groups excluding carboxylic acids is 2. The second-order valence-electron chi connectivity index (χ2n) is 4.88. The number of benzene rings is 2. The number of rotatable bonds is 5. The summed E-state index contributed by atoms with van der Waals surface area (Å²) in [4.78, 5) is 23.7. The average molecular weight is 391 g/mol. The molecule has 2 aromatic rings. The summed E-state index contributed by atoms with van der Waals surface area (Å²) in [5, 5.41) is 4.45. The molecule has 26 heavy (non-hydrogen) atoms. The lowest BCUT2D eigenvalue weighted by molar-refractivity contribution is -0.253. The van der Waals surface area contributed by atoms with Crippen LogP contribution >= 0.6 is 11.6 Å². The third-order valence-electron chi connectivity index (χ3n) is 2.97. The molecule has 5 nitrogen and oxygen atoms in total. The molecule has 10 heteroatoms. The van der Waals surface area contributed by atoms with Crippen LogP contribution in [0.2, 0.25) is 5.02 Å². The second kappa shape index (κ2) is 8.05. The van der Waals surface area contributed by atoms with Crippen molar-refractivity contribution in [1.82, 2.24) is 5.32 Å². The van der Waals surface area contributed by atoms with Gasteiger partial charge in [0.05, 0.1) is 10.6 Å². The summed E-state index contributed by atoms with van der Waals surface area (Å²) >= 11 is 5.83. The van der Waals surface area contributed by atoms with Crippen LogP contribution in [0, 0.1) is 0 Å². The maximum absolute atomic E-state index is 12.8. The molecule has 2 N–H and O–H groups in total. The quantitative estimate of drug-likeness (QED) is 0.737. The van der Waals surface area contributed by atoms with E-state index in [9.17, 15) is 27.2 Å². The number of hydrogen-bond acceptors (Lipinski definition) is 3. The van der Waals surface area contributed by atoms with Gasteiger partial charge in [0, 0.05) is 5.69 Å². The second-order valence-corrected chi connectivity index (χ2v) is 5.28. The van der Waals surface area contributed by atoms with Gasteiger partial charge in [-0.3, -0.25) is 10.1 Å². The Morgan fingerprint density at radius 2 is 1.65 bits per heavy atom. The Labute approximate surface area is 149 Å². The number of halogens is 5. The van der Waals surface area contributed by atoms with Crippen LogP contribution in [0.4, 0.5) is 28.0 Å². The topological polar surface area (TPSA) is 67.4 Å². The first-order valence-corrected chi connectivity index (χ1v) is 7.39. The van der Waals surface area contributed by atoms with Crippen LogP contribution in [0.25, 0.3) is 0 Å². The van der Waals surface area contributed by atoms with Gasteiger partial charge in [0.25, 0.3) is 5.91 Å². The number of urea groups is 1. The predicted octanol–water partition coefficient (Wildman–Crippen LogP) is 4.54. The molecule has 0 aliphatic heterocycles. The Morgan fingerprint density at radius 3 is 2.23 bits per heavy atom. The minimum Gasteiger partial charge on any atom is -0.428 e. The fraction of sp³-hybridized carbons (Fsp3) is 0.125. The number of alkyl halides is 4. The highest BCUT2D eigenvalue weighted by molar-refractivity contribution is 6.34. The van der Waals surface area contributed by atoms with Crippen LogP contribution in [0.15, 0.2) is 48.5 Å². The number of hydrogen-bond donors (Lipinski definition) is 2. The number of amides is 3. The molecule has 0 unspecified atom stereocenters. The highest BCUT2D eigenvalue weighted by atomic mass is 35.5. The van der Waals surface area contributed by atoms with Crippen molar-refractivity contribution in [2.24, 2.45) is 0 Å². The summed E-state index contributed by atoms with van der Waals surface area (Å²) in [6, 6.07) is 9.35. The molecule has 0 aliphatic rings. The van der Waals surface area contributed by atoms with E-state index < -0.39 is 30.2 Å². The molecule has 3 amide bonds. The molecule has 2 aromatic carbocycles.